The lowest BCUT2D eigenvalue weighted by molar-refractivity contribution is -0.112. The zero-order chi connectivity index (χ0) is 20.1. The Bertz CT molecular complexity index is 842. The zero-order valence-electron chi connectivity index (χ0n) is 15.3. The van der Waals surface area contributed by atoms with E-state index in [-0.39, 0.29) is 23.6 Å². The molecule has 1 saturated carbocycles. The number of halogens is 1. The summed E-state index contributed by atoms with van der Waals surface area (Å²) in [6.45, 7) is 3.69. The molecule has 0 unspecified atom stereocenters. The average Bonchev–Trinajstić information content (AvgIpc) is 2.68. The van der Waals surface area contributed by atoms with Gasteiger partial charge in [0.25, 0.3) is 5.91 Å². The van der Waals surface area contributed by atoms with Gasteiger partial charge in [0, 0.05) is 17.4 Å². The number of aliphatic imine (C=N–C) groups is 1. The quantitative estimate of drug-likeness (QED) is 0.519. The summed E-state index contributed by atoms with van der Waals surface area (Å²) in [7, 11) is 0. The zero-order valence-corrected chi connectivity index (χ0v) is 16.1. The summed E-state index contributed by atoms with van der Waals surface area (Å²) in [5, 5.41) is 14.2. The molecule has 4 N–H and O–H groups in total. The fourth-order valence-corrected chi connectivity index (χ4v) is 3.28. The van der Waals surface area contributed by atoms with Gasteiger partial charge in [0.2, 0.25) is 0 Å². The van der Waals surface area contributed by atoms with Crippen LogP contribution in [0, 0.1) is 0 Å². The lowest BCUT2D eigenvalue weighted by Gasteiger charge is -2.27. The Morgan fingerprint density at radius 1 is 1.39 bits per heavy atom. The number of amides is 1. The number of hydrogen-bond acceptors (Lipinski definition) is 6. The molecule has 1 aromatic carbocycles. The summed E-state index contributed by atoms with van der Waals surface area (Å²) < 4.78 is 6.07. The van der Waals surface area contributed by atoms with Gasteiger partial charge in [-0.2, -0.15) is 0 Å². The molecule has 2 aliphatic rings. The highest BCUT2D eigenvalue weighted by molar-refractivity contribution is 6.31. The molecule has 0 saturated heterocycles. The Hall–Kier alpha value is -2.61. The van der Waals surface area contributed by atoms with E-state index in [1.54, 1.807) is 36.7 Å². The first-order valence-electron chi connectivity index (χ1n) is 9.05. The van der Waals surface area contributed by atoms with Gasteiger partial charge in [0.1, 0.15) is 5.75 Å². The van der Waals surface area contributed by atoms with Crippen molar-refractivity contribution >= 4 is 29.4 Å². The molecule has 1 aliphatic carbocycles. The number of rotatable bonds is 5. The molecule has 3 rings (SSSR count). The van der Waals surface area contributed by atoms with Crippen LogP contribution in [0.2, 0.25) is 5.02 Å². The van der Waals surface area contributed by atoms with E-state index >= 15 is 0 Å². The predicted octanol–water partition coefficient (Wildman–Crippen LogP) is 3.13. The number of aliphatic hydroxyl groups excluding tert-OH is 1. The van der Waals surface area contributed by atoms with E-state index in [2.05, 4.69) is 16.9 Å². The van der Waals surface area contributed by atoms with Gasteiger partial charge in [-0.05, 0) is 50.0 Å². The molecule has 1 heterocycles. The largest absolute Gasteiger partial charge is 0.488 e. The maximum atomic E-state index is 12.8. The van der Waals surface area contributed by atoms with Crippen LogP contribution in [0.4, 0.5) is 5.69 Å². The number of nitrogens with zero attached hydrogens (tertiary/aromatic N) is 2. The van der Waals surface area contributed by atoms with Crippen LogP contribution in [0.1, 0.15) is 25.7 Å². The molecule has 1 fully saturated rings. The van der Waals surface area contributed by atoms with Crippen molar-refractivity contribution in [3.05, 3.63) is 59.5 Å². The first kappa shape index (κ1) is 20.1. The van der Waals surface area contributed by atoms with Gasteiger partial charge < -0.3 is 15.2 Å². The molecule has 7 nitrogen and oxygen atoms in total. The number of hydrazine groups is 1. The highest BCUT2D eigenvalue weighted by atomic mass is 35.5. The second kappa shape index (κ2) is 9.05. The van der Waals surface area contributed by atoms with E-state index in [0.29, 0.717) is 29.3 Å². The van der Waals surface area contributed by atoms with Crippen molar-refractivity contribution < 1.29 is 14.6 Å². The van der Waals surface area contributed by atoms with Crippen LogP contribution >= 0.6 is 11.6 Å². The third kappa shape index (κ3) is 4.81. The standard InChI is InChI=1S/C20H23ClN4O3/c1-2-16(19-23-10-3-11-25(19)22)20(27)24-17-12-13(21)4-9-18(17)28-15-7-5-14(26)6-8-15/h2-4,9-12,14-15,26H,1,5-8,22H2,(H,24,27)/b19-16+. The highest BCUT2D eigenvalue weighted by Gasteiger charge is 2.23. The van der Waals surface area contributed by atoms with Crippen molar-refractivity contribution in [1.29, 1.82) is 0 Å². The number of nitrogens with one attached hydrogen (secondary N) is 1. The van der Waals surface area contributed by atoms with Gasteiger partial charge in [-0.1, -0.05) is 24.3 Å². The molecule has 0 radical (unpaired) electrons. The van der Waals surface area contributed by atoms with Crippen molar-refractivity contribution in [2.75, 3.05) is 5.32 Å². The Morgan fingerprint density at radius 3 is 2.82 bits per heavy atom. The van der Waals surface area contributed by atoms with E-state index in [4.69, 9.17) is 22.2 Å². The number of hydrogen-bond donors (Lipinski definition) is 3. The smallest absolute Gasteiger partial charge is 0.259 e. The number of allylic oxidation sites excluding steroid dienone is 1. The minimum atomic E-state index is -0.431. The fraction of sp³-hybridized carbons (Fsp3) is 0.300. The molecule has 8 heteroatoms. The molecular weight excluding hydrogens is 380 g/mol. The summed E-state index contributed by atoms with van der Waals surface area (Å²) in [5.41, 5.74) is 0.664. The Labute approximate surface area is 168 Å². The molecule has 1 amide bonds. The number of aliphatic hydroxyl groups is 1. The SMILES string of the molecule is C=C/C(C(=O)Nc1cc(Cl)ccc1OC1CCC(O)CC1)=C1/N=CC=CN1N. The summed E-state index contributed by atoms with van der Waals surface area (Å²) in [6, 6.07) is 5.05. The molecule has 1 aromatic rings. The van der Waals surface area contributed by atoms with E-state index in [9.17, 15) is 9.90 Å². The number of benzene rings is 1. The van der Waals surface area contributed by atoms with Gasteiger partial charge in [-0.3, -0.25) is 9.80 Å². The minimum Gasteiger partial charge on any atom is -0.488 e. The molecule has 0 atom stereocenters. The molecule has 0 bridgehead atoms. The van der Waals surface area contributed by atoms with Gasteiger partial charge in [0.05, 0.1) is 23.5 Å². The third-order valence-corrected chi connectivity index (χ3v) is 4.83. The van der Waals surface area contributed by atoms with Crippen molar-refractivity contribution in [2.45, 2.75) is 37.9 Å². The van der Waals surface area contributed by atoms with Crippen molar-refractivity contribution in [3.63, 3.8) is 0 Å². The Morgan fingerprint density at radius 2 is 2.14 bits per heavy atom. The Kier molecular flexibility index (Phi) is 6.51. The van der Waals surface area contributed by atoms with Crippen LogP contribution < -0.4 is 15.9 Å². The van der Waals surface area contributed by atoms with Crippen molar-refractivity contribution in [2.24, 2.45) is 10.8 Å². The fourth-order valence-electron chi connectivity index (χ4n) is 3.11. The number of nitrogens with two attached hydrogens (primary N) is 1. The van der Waals surface area contributed by atoms with Gasteiger partial charge in [-0.25, -0.2) is 10.8 Å². The average molecular weight is 403 g/mol. The second-order valence-electron chi connectivity index (χ2n) is 6.61. The second-order valence-corrected chi connectivity index (χ2v) is 7.05. The Balaban J connectivity index is 1.81. The van der Waals surface area contributed by atoms with E-state index < -0.39 is 5.91 Å². The van der Waals surface area contributed by atoms with Crippen LogP contribution in [0.5, 0.6) is 5.75 Å². The molecule has 0 spiro atoms. The lowest BCUT2D eigenvalue weighted by atomic mass is 9.95. The normalized spacial score (nSPS) is 23.3. The molecule has 1 aliphatic heterocycles. The van der Waals surface area contributed by atoms with Gasteiger partial charge in [-0.15, -0.1) is 0 Å². The van der Waals surface area contributed by atoms with Crippen molar-refractivity contribution in [1.82, 2.24) is 5.01 Å². The predicted molar refractivity (Wildman–Crippen MR) is 110 cm³/mol. The van der Waals surface area contributed by atoms with Crippen molar-refractivity contribution in [3.8, 4) is 5.75 Å². The third-order valence-electron chi connectivity index (χ3n) is 4.59. The number of carbonyl (C=O) groups excluding carboxylic acids is 1. The molecular formula is C20H23ClN4O3. The summed E-state index contributed by atoms with van der Waals surface area (Å²) in [5.74, 6) is 6.22. The first-order chi connectivity index (χ1) is 13.5. The van der Waals surface area contributed by atoms with Crippen LogP contribution in [-0.4, -0.2) is 34.4 Å². The van der Waals surface area contributed by atoms with Crippen LogP contribution in [0.25, 0.3) is 0 Å². The van der Waals surface area contributed by atoms with E-state index in [0.717, 1.165) is 12.8 Å². The molecule has 0 aromatic heterocycles. The van der Waals surface area contributed by atoms with Gasteiger partial charge in [0.15, 0.2) is 5.82 Å². The minimum absolute atomic E-state index is 0.0231. The number of carbonyl (C=O) groups is 1. The number of ether oxygens (including phenoxy) is 1. The topological polar surface area (TPSA) is 100 Å². The molecule has 148 valence electrons. The highest BCUT2D eigenvalue weighted by Crippen LogP contribution is 2.32. The van der Waals surface area contributed by atoms with E-state index in [1.165, 1.54) is 11.1 Å². The lowest BCUT2D eigenvalue weighted by Crippen LogP contribution is -2.29. The molecule has 28 heavy (non-hydrogen) atoms. The van der Waals surface area contributed by atoms with Crippen LogP contribution in [0.3, 0.4) is 0 Å². The first-order valence-corrected chi connectivity index (χ1v) is 9.43. The maximum Gasteiger partial charge on any atom is 0.259 e. The summed E-state index contributed by atoms with van der Waals surface area (Å²) in [6.07, 6.45) is 8.80. The summed E-state index contributed by atoms with van der Waals surface area (Å²) in [4.78, 5) is 17.0. The van der Waals surface area contributed by atoms with Crippen LogP contribution in [-0.2, 0) is 4.79 Å². The maximum absolute atomic E-state index is 12.8. The van der Waals surface area contributed by atoms with Crippen LogP contribution in [0.15, 0.2) is 59.5 Å². The van der Waals surface area contributed by atoms with Gasteiger partial charge >= 0.3 is 0 Å². The summed E-state index contributed by atoms with van der Waals surface area (Å²) >= 11 is 6.11. The monoisotopic (exact) mass is 402 g/mol. The van der Waals surface area contributed by atoms with E-state index in [1.807, 2.05) is 0 Å². The number of anilines is 1.